The van der Waals surface area contributed by atoms with Crippen LogP contribution in [0.2, 0.25) is 0 Å². The molecule has 1 saturated heterocycles. The lowest BCUT2D eigenvalue weighted by Crippen LogP contribution is -2.48. The number of hydrogen-bond acceptors (Lipinski definition) is 3. The predicted molar refractivity (Wildman–Crippen MR) is 71.7 cm³/mol. The number of halogens is 1. The fourth-order valence-corrected chi connectivity index (χ4v) is 3.96. The number of hydrogen-bond donors (Lipinski definition) is 1. The third kappa shape index (κ3) is 4.09. The summed E-state index contributed by atoms with van der Waals surface area (Å²) in [5, 5.41) is 0. The van der Waals surface area contributed by atoms with Crippen molar-refractivity contribution in [2.24, 2.45) is 17.6 Å². The van der Waals surface area contributed by atoms with Gasteiger partial charge in [-0.2, -0.15) is 0 Å². The molecule has 2 rings (SSSR count). The van der Waals surface area contributed by atoms with Gasteiger partial charge in [0, 0.05) is 19.1 Å². The highest BCUT2D eigenvalue weighted by molar-refractivity contribution is 7.89. The van der Waals surface area contributed by atoms with Crippen molar-refractivity contribution in [2.75, 3.05) is 18.8 Å². The Morgan fingerprint density at radius 2 is 1.94 bits per heavy atom. The van der Waals surface area contributed by atoms with Crippen LogP contribution in [0.1, 0.15) is 32.6 Å². The number of nitrogens with two attached hydrogens (primary N) is 1. The average Bonchev–Trinajstić information content (AvgIpc) is 3.03. The average molecular weight is 283 g/mol. The third-order valence-electron chi connectivity index (χ3n) is 3.81. The van der Waals surface area contributed by atoms with Gasteiger partial charge in [0.2, 0.25) is 10.0 Å². The van der Waals surface area contributed by atoms with Gasteiger partial charge in [0.15, 0.2) is 0 Å². The maximum Gasteiger partial charge on any atom is 0.214 e. The van der Waals surface area contributed by atoms with Crippen LogP contribution in [0.15, 0.2) is 0 Å². The van der Waals surface area contributed by atoms with Crippen LogP contribution >= 0.6 is 12.4 Å². The molecule has 2 fully saturated rings. The van der Waals surface area contributed by atoms with Crippen LogP contribution in [0.5, 0.6) is 0 Å². The van der Waals surface area contributed by atoms with E-state index in [1.807, 2.05) is 6.92 Å². The molecule has 2 N–H and O–H groups in total. The van der Waals surface area contributed by atoms with Crippen LogP contribution in [-0.2, 0) is 10.0 Å². The highest BCUT2D eigenvalue weighted by Crippen LogP contribution is 2.33. The van der Waals surface area contributed by atoms with Gasteiger partial charge in [0.25, 0.3) is 0 Å². The summed E-state index contributed by atoms with van der Waals surface area (Å²) in [6.07, 6.45) is 4.08. The Balaban J connectivity index is 0.00000144. The molecule has 1 saturated carbocycles. The Morgan fingerprint density at radius 3 is 2.47 bits per heavy atom. The normalized spacial score (nSPS) is 30.9. The minimum atomic E-state index is -3.02. The molecule has 17 heavy (non-hydrogen) atoms. The lowest BCUT2D eigenvalue weighted by Gasteiger charge is -2.34. The summed E-state index contributed by atoms with van der Waals surface area (Å²) in [5.41, 5.74) is 5.89. The molecule has 6 heteroatoms. The van der Waals surface area contributed by atoms with Crippen LogP contribution in [0.25, 0.3) is 0 Å². The summed E-state index contributed by atoms with van der Waals surface area (Å²) in [4.78, 5) is 0. The number of piperidine rings is 1. The second kappa shape index (κ2) is 5.87. The maximum absolute atomic E-state index is 12.1. The lowest BCUT2D eigenvalue weighted by atomic mass is 9.96. The zero-order chi connectivity index (χ0) is 11.8. The molecular weight excluding hydrogens is 260 g/mol. The Hall–Kier alpha value is 0.160. The van der Waals surface area contributed by atoms with Crippen molar-refractivity contribution in [1.29, 1.82) is 0 Å². The van der Waals surface area contributed by atoms with E-state index < -0.39 is 10.0 Å². The largest absolute Gasteiger partial charge is 0.327 e. The van der Waals surface area contributed by atoms with E-state index in [4.69, 9.17) is 5.73 Å². The molecular formula is C11H23ClN2O2S. The molecule has 0 bridgehead atoms. The van der Waals surface area contributed by atoms with Gasteiger partial charge in [-0.05, 0) is 24.7 Å². The number of nitrogens with zero attached hydrogens (tertiary/aromatic N) is 1. The van der Waals surface area contributed by atoms with E-state index in [1.54, 1.807) is 4.31 Å². The van der Waals surface area contributed by atoms with Crippen molar-refractivity contribution in [3.8, 4) is 0 Å². The van der Waals surface area contributed by atoms with Gasteiger partial charge in [0.05, 0.1) is 5.75 Å². The smallest absolute Gasteiger partial charge is 0.214 e. The number of sulfonamides is 1. The maximum atomic E-state index is 12.1. The van der Waals surface area contributed by atoms with Gasteiger partial charge < -0.3 is 5.73 Å². The SMILES string of the molecule is CC1CN(S(=O)(=O)CCC2CC2)CCC1N.Cl. The van der Waals surface area contributed by atoms with Crippen LogP contribution in [-0.4, -0.2) is 37.6 Å². The highest BCUT2D eigenvalue weighted by atomic mass is 35.5. The first kappa shape index (κ1) is 15.2. The molecule has 0 spiro atoms. The second-order valence-electron chi connectivity index (χ2n) is 5.34. The van der Waals surface area contributed by atoms with Crippen LogP contribution in [0.3, 0.4) is 0 Å². The first-order valence-corrected chi connectivity index (χ1v) is 7.83. The van der Waals surface area contributed by atoms with Gasteiger partial charge in [-0.15, -0.1) is 12.4 Å². The summed E-state index contributed by atoms with van der Waals surface area (Å²) in [5.74, 6) is 1.29. The van der Waals surface area contributed by atoms with Gasteiger partial charge in [-0.25, -0.2) is 12.7 Å². The Labute approximate surface area is 110 Å². The zero-order valence-corrected chi connectivity index (χ0v) is 12.0. The molecule has 0 aromatic carbocycles. The van der Waals surface area contributed by atoms with Crippen molar-refractivity contribution in [3.63, 3.8) is 0 Å². The van der Waals surface area contributed by atoms with Gasteiger partial charge in [0.1, 0.15) is 0 Å². The van der Waals surface area contributed by atoms with E-state index in [9.17, 15) is 8.42 Å². The molecule has 2 aliphatic rings. The summed E-state index contributed by atoms with van der Waals surface area (Å²) in [7, 11) is -3.02. The minimum absolute atomic E-state index is 0. The summed E-state index contributed by atoms with van der Waals surface area (Å²) in [6, 6.07) is 0.162. The molecule has 0 radical (unpaired) electrons. The molecule has 2 unspecified atom stereocenters. The van der Waals surface area contributed by atoms with Crippen LogP contribution in [0, 0.1) is 11.8 Å². The second-order valence-corrected chi connectivity index (χ2v) is 7.42. The molecule has 1 aliphatic heterocycles. The van der Waals surface area contributed by atoms with E-state index >= 15 is 0 Å². The van der Waals surface area contributed by atoms with Crippen molar-refractivity contribution in [1.82, 2.24) is 4.31 Å². The van der Waals surface area contributed by atoms with Gasteiger partial charge in [-0.3, -0.25) is 0 Å². The Morgan fingerprint density at radius 1 is 1.29 bits per heavy atom. The van der Waals surface area contributed by atoms with E-state index in [1.165, 1.54) is 12.8 Å². The van der Waals surface area contributed by atoms with Crippen molar-refractivity contribution in [2.45, 2.75) is 38.6 Å². The minimum Gasteiger partial charge on any atom is -0.327 e. The zero-order valence-electron chi connectivity index (χ0n) is 10.3. The molecule has 0 aromatic rings. The fraction of sp³-hybridized carbons (Fsp3) is 1.00. The monoisotopic (exact) mass is 282 g/mol. The summed E-state index contributed by atoms with van der Waals surface area (Å²) in [6.45, 7) is 3.25. The lowest BCUT2D eigenvalue weighted by molar-refractivity contribution is 0.250. The fourth-order valence-electron chi connectivity index (χ4n) is 2.23. The first-order chi connectivity index (χ1) is 7.49. The third-order valence-corrected chi connectivity index (χ3v) is 5.68. The van der Waals surface area contributed by atoms with Gasteiger partial charge >= 0.3 is 0 Å². The van der Waals surface area contributed by atoms with Crippen LogP contribution in [0.4, 0.5) is 0 Å². The summed E-state index contributed by atoms with van der Waals surface area (Å²) >= 11 is 0. The van der Waals surface area contributed by atoms with E-state index in [0.717, 1.165) is 12.8 Å². The number of rotatable bonds is 4. The van der Waals surface area contributed by atoms with Crippen molar-refractivity contribution < 1.29 is 8.42 Å². The molecule has 0 amide bonds. The topological polar surface area (TPSA) is 63.4 Å². The molecule has 102 valence electrons. The summed E-state index contributed by atoms with van der Waals surface area (Å²) < 4.78 is 25.8. The molecule has 2 atom stereocenters. The molecule has 0 aromatic heterocycles. The Kier molecular flexibility index (Phi) is 5.25. The highest BCUT2D eigenvalue weighted by Gasteiger charge is 2.32. The Bertz CT molecular complexity index is 343. The van der Waals surface area contributed by atoms with Crippen LogP contribution < -0.4 is 5.73 Å². The quantitative estimate of drug-likeness (QED) is 0.843. The van der Waals surface area contributed by atoms with Crippen molar-refractivity contribution in [3.05, 3.63) is 0 Å². The van der Waals surface area contributed by atoms with E-state index in [0.29, 0.717) is 24.8 Å². The first-order valence-electron chi connectivity index (χ1n) is 6.22. The predicted octanol–water partition coefficient (Wildman–Crippen LogP) is 1.21. The van der Waals surface area contributed by atoms with Crippen molar-refractivity contribution >= 4 is 22.4 Å². The van der Waals surface area contributed by atoms with E-state index in [2.05, 4.69) is 0 Å². The molecule has 1 heterocycles. The van der Waals surface area contributed by atoms with Gasteiger partial charge in [-0.1, -0.05) is 19.8 Å². The van der Waals surface area contributed by atoms with E-state index in [-0.39, 0.29) is 24.4 Å². The molecule has 4 nitrogen and oxygen atoms in total. The molecule has 1 aliphatic carbocycles. The standard InChI is InChI=1S/C11H22N2O2S.ClH/c1-9-8-13(6-4-11(9)12)16(14,15)7-5-10-2-3-10;/h9-11H,2-8,12H2,1H3;1H.